The average Bonchev–Trinajstić information content (AvgIpc) is 3.60. The largest absolute Gasteiger partial charge is 0.478 e. The zero-order valence-corrected chi connectivity index (χ0v) is 24.7. The van der Waals surface area contributed by atoms with Gasteiger partial charge in [-0.15, -0.1) is 0 Å². The summed E-state index contributed by atoms with van der Waals surface area (Å²) in [6.07, 6.45) is 4.22. The number of hydrogen-bond acceptors (Lipinski definition) is 7. The molecule has 1 N–H and O–H groups in total. The molecule has 2 aliphatic heterocycles. The number of hydrogen-bond donors (Lipinski definition) is 1. The summed E-state index contributed by atoms with van der Waals surface area (Å²) in [5, 5.41) is 11.7. The van der Waals surface area contributed by atoms with Gasteiger partial charge in [0.15, 0.2) is 0 Å². The maximum Gasteiger partial charge on any atom is 0.335 e. The van der Waals surface area contributed by atoms with Gasteiger partial charge in [0.25, 0.3) is 0 Å². The van der Waals surface area contributed by atoms with Crippen molar-refractivity contribution in [3.63, 3.8) is 0 Å². The van der Waals surface area contributed by atoms with E-state index < -0.39 is 5.97 Å². The molecule has 6 aromatic rings. The standard InChI is InChI=1S/C36H32N4O5/c41-36(42)24-11-12-30-31(19-24)40(20-26-15-18-43-26)33(37-30)21-39-16-13-23(14-17-39)29-8-4-10-34(38-29)44-22-25-5-3-7-28-27-6-1-2-9-32(27)45-35(25)28/h1-13,19,26H,14-18,20-22H2,(H,41,42)/t26-/m0/s1. The van der Waals surface area contributed by atoms with Gasteiger partial charge >= 0.3 is 5.97 Å². The Kier molecular flexibility index (Phi) is 7.04. The molecule has 45 heavy (non-hydrogen) atoms. The number of para-hydroxylation sites is 2. The molecule has 9 heteroatoms. The molecule has 5 heterocycles. The summed E-state index contributed by atoms with van der Waals surface area (Å²) in [5.74, 6) is 0.566. The van der Waals surface area contributed by atoms with Crippen LogP contribution in [0.2, 0.25) is 0 Å². The predicted molar refractivity (Wildman–Crippen MR) is 171 cm³/mol. The SMILES string of the molecule is O=C(O)c1ccc2nc(CN3CC=C(c4cccc(OCc5cccc6c5oc5ccccc56)n4)CC3)n(C[C@@H]3CCO3)c2c1. The monoisotopic (exact) mass is 600 g/mol. The number of carboxylic acids is 1. The second-order valence-electron chi connectivity index (χ2n) is 11.7. The fourth-order valence-electron chi connectivity index (χ4n) is 6.29. The highest BCUT2D eigenvalue weighted by atomic mass is 16.5. The third-order valence-corrected chi connectivity index (χ3v) is 8.83. The van der Waals surface area contributed by atoms with Crippen molar-refractivity contribution in [2.45, 2.75) is 38.6 Å². The first kappa shape index (κ1) is 27.6. The first-order chi connectivity index (χ1) is 22.1. The number of pyridine rings is 1. The molecule has 3 aromatic heterocycles. The summed E-state index contributed by atoms with van der Waals surface area (Å²) in [6, 6.07) is 25.3. The molecule has 8 rings (SSSR count). The molecule has 9 nitrogen and oxygen atoms in total. The van der Waals surface area contributed by atoms with E-state index in [2.05, 4.69) is 27.7 Å². The molecule has 0 amide bonds. The number of fused-ring (bicyclic) bond motifs is 4. The van der Waals surface area contributed by atoms with Crippen molar-refractivity contribution < 1.29 is 23.8 Å². The Labute approximate surface area is 259 Å². The Balaban J connectivity index is 0.969. The van der Waals surface area contributed by atoms with E-state index in [0.29, 0.717) is 25.6 Å². The minimum absolute atomic E-state index is 0.134. The topological polar surface area (TPSA) is 103 Å². The Morgan fingerprint density at radius 1 is 1.00 bits per heavy atom. The molecule has 0 aliphatic carbocycles. The third kappa shape index (κ3) is 5.34. The van der Waals surface area contributed by atoms with Crippen LogP contribution in [0.1, 0.15) is 40.3 Å². The summed E-state index contributed by atoms with van der Waals surface area (Å²) >= 11 is 0. The fraction of sp³-hybridized carbons (Fsp3) is 0.250. The number of benzene rings is 3. The van der Waals surface area contributed by atoms with Gasteiger partial charge < -0.3 is 23.6 Å². The summed E-state index contributed by atoms with van der Waals surface area (Å²) in [4.78, 5) is 23.7. The molecule has 0 radical (unpaired) electrons. The van der Waals surface area contributed by atoms with Crippen LogP contribution in [-0.4, -0.2) is 56.3 Å². The van der Waals surface area contributed by atoms with Gasteiger partial charge in [-0.1, -0.05) is 48.5 Å². The predicted octanol–water partition coefficient (Wildman–Crippen LogP) is 6.69. The highest BCUT2D eigenvalue weighted by Gasteiger charge is 2.24. The Bertz CT molecular complexity index is 2090. The lowest BCUT2D eigenvalue weighted by atomic mass is 10.0. The molecule has 226 valence electrons. The van der Waals surface area contributed by atoms with Crippen LogP contribution < -0.4 is 4.74 Å². The van der Waals surface area contributed by atoms with E-state index in [1.807, 2.05) is 48.5 Å². The van der Waals surface area contributed by atoms with Crippen molar-refractivity contribution in [1.82, 2.24) is 19.4 Å². The second kappa shape index (κ2) is 11.5. The highest BCUT2D eigenvalue weighted by molar-refractivity contribution is 6.05. The number of furan rings is 1. The molecular weight excluding hydrogens is 568 g/mol. The van der Waals surface area contributed by atoms with Crippen LogP contribution in [0.15, 0.2) is 89.4 Å². The number of carbonyl (C=O) groups is 1. The van der Waals surface area contributed by atoms with E-state index in [1.54, 1.807) is 18.2 Å². The Morgan fingerprint density at radius 2 is 1.87 bits per heavy atom. The van der Waals surface area contributed by atoms with Gasteiger partial charge in [-0.3, -0.25) is 4.90 Å². The first-order valence-electron chi connectivity index (χ1n) is 15.3. The van der Waals surface area contributed by atoms with Crippen molar-refractivity contribution in [2.24, 2.45) is 0 Å². The number of aromatic nitrogens is 3. The average molecular weight is 601 g/mol. The Morgan fingerprint density at radius 3 is 2.69 bits per heavy atom. The van der Waals surface area contributed by atoms with Gasteiger partial charge in [-0.05, 0) is 48.7 Å². The van der Waals surface area contributed by atoms with Gasteiger partial charge in [0, 0.05) is 42.1 Å². The minimum Gasteiger partial charge on any atom is -0.478 e. The van der Waals surface area contributed by atoms with Crippen molar-refractivity contribution in [3.05, 3.63) is 108 Å². The van der Waals surface area contributed by atoms with E-state index in [0.717, 1.165) is 82.6 Å². The number of ether oxygens (including phenoxy) is 2. The normalized spacial score (nSPS) is 17.1. The van der Waals surface area contributed by atoms with Crippen molar-refractivity contribution >= 4 is 44.5 Å². The van der Waals surface area contributed by atoms with Gasteiger partial charge in [-0.25, -0.2) is 14.8 Å². The number of carboxylic acid groups (broad SMARTS) is 1. The van der Waals surface area contributed by atoms with Crippen molar-refractivity contribution in [3.8, 4) is 5.88 Å². The number of aromatic carboxylic acids is 1. The van der Waals surface area contributed by atoms with Crippen LogP contribution in [0.4, 0.5) is 0 Å². The zero-order valence-electron chi connectivity index (χ0n) is 24.7. The quantitative estimate of drug-likeness (QED) is 0.196. The molecule has 0 saturated carbocycles. The fourth-order valence-corrected chi connectivity index (χ4v) is 6.29. The van der Waals surface area contributed by atoms with Gasteiger partial charge in [-0.2, -0.15) is 0 Å². The zero-order chi connectivity index (χ0) is 30.3. The molecule has 0 spiro atoms. The minimum atomic E-state index is -0.938. The molecule has 3 aromatic carbocycles. The third-order valence-electron chi connectivity index (χ3n) is 8.83. The molecule has 2 aliphatic rings. The lowest BCUT2D eigenvalue weighted by molar-refractivity contribution is -0.0591. The van der Waals surface area contributed by atoms with Crippen molar-refractivity contribution in [1.29, 1.82) is 0 Å². The summed E-state index contributed by atoms with van der Waals surface area (Å²) in [5.41, 5.74) is 6.73. The lowest BCUT2D eigenvalue weighted by Gasteiger charge is -2.29. The first-order valence-corrected chi connectivity index (χ1v) is 15.3. The van der Waals surface area contributed by atoms with E-state index in [9.17, 15) is 9.90 Å². The van der Waals surface area contributed by atoms with E-state index in [-0.39, 0.29) is 11.7 Å². The van der Waals surface area contributed by atoms with Crippen LogP contribution in [0.25, 0.3) is 38.5 Å². The van der Waals surface area contributed by atoms with Crippen LogP contribution in [0, 0.1) is 0 Å². The molecular formula is C36H32N4O5. The van der Waals surface area contributed by atoms with Crippen LogP contribution in [-0.2, 0) is 24.4 Å². The van der Waals surface area contributed by atoms with Crippen molar-refractivity contribution in [2.75, 3.05) is 19.7 Å². The van der Waals surface area contributed by atoms with Crippen LogP contribution in [0.3, 0.4) is 0 Å². The van der Waals surface area contributed by atoms with E-state index in [1.165, 1.54) is 5.57 Å². The molecule has 0 unspecified atom stereocenters. The molecule has 1 atom stereocenters. The van der Waals surface area contributed by atoms with Gasteiger partial charge in [0.2, 0.25) is 5.88 Å². The smallest absolute Gasteiger partial charge is 0.335 e. The van der Waals surface area contributed by atoms with Crippen LogP contribution >= 0.6 is 0 Å². The van der Waals surface area contributed by atoms with E-state index >= 15 is 0 Å². The molecule has 1 saturated heterocycles. The lowest BCUT2D eigenvalue weighted by Crippen LogP contribution is -2.33. The van der Waals surface area contributed by atoms with Gasteiger partial charge in [0.1, 0.15) is 23.6 Å². The summed E-state index contributed by atoms with van der Waals surface area (Å²) < 4.78 is 20.2. The number of rotatable bonds is 9. The number of nitrogens with zero attached hydrogens (tertiary/aromatic N) is 4. The second-order valence-corrected chi connectivity index (χ2v) is 11.7. The summed E-state index contributed by atoms with van der Waals surface area (Å²) in [7, 11) is 0. The van der Waals surface area contributed by atoms with Gasteiger partial charge in [0.05, 0.1) is 41.5 Å². The molecule has 1 fully saturated rings. The number of imidazole rings is 1. The highest BCUT2D eigenvalue weighted by Crippen LogP contribution is 2.32. The maximum absolute atomic E-state index is 11.6. The Hall–Kier alpha value is -4.99. The van der Waals surface area contributed by atoms with E-state index in [4.69, 9.17) is 23.9 Å². The maximum atomic E-state index is 11.6. The summed E-state index contributed by atoms with van der Waals surface area (Å²) in [6.45, 7) is 4.09. The molecule has 0 bridgehead atoms. The van der Waals surface area contributed by atoms with Crippen LogP contribution in [0.5, 0.6) is 5.88 Å².